The number of aryl methyl sites for hydroxylation is 1. The van der Waals surface area contributed by atoms with Crippen LogP contribution < -0.4 is 0 Å². The molecule has 0 saturated carbocycles. The normalized spacial score (nSPS) is 26.8. The van der Waals surface area contributed by atoms with E-state index >= 15 is 0 Å². The molecule has 1 unspecified atom stereocenters. The number of benzene rings is 1. The Hall–Kier alpha value is -0.820. The second-order valence-electron chi connectivity index (χ2n) is 5.70. The van der Waals surface area contributed by atoms with Gasteiger partial charge in [-0.25, -0.2) is 0 Å². The molecule has 1 saturated heterocycles. The van der Waals surface area contributed by atoms with Crippen molar-refractivity contribution >= 4 is 0 Å². The van der Waals surface area contributed by atoms with Gasteiger partial charge in [0.1, 0.15) is 0 Å². The van der Waals surface area contributed by atoms with Gasteiger partial charge >= 0.3 is 0 Å². The van der Waals surface area contributed by atoms with E-state index < -0.39 is 0 Å². The second-order valence-corrected chi connectivity index (χ2v) is 5.70. The maximum atomic E-state index is 2.51. The molecular formula is C16H25N. The largest absolute Gasteiger partial charge is 0.305 e. The maximum absolute atomic E-state index is 2.51. The average Bonchev–Trinajstić information content (AvgIpc) is 2.52. The summed E-state index contributed by atoms with van der Waals surface area (Å²) in [6, 6.07) is 9.14. The Balaban J connectivity index is 2.34. The summed E-state index contributed by atoms with van der Waals surface area (Å²) in [7, 11) is 2.27. The number of likely N-dealkylation sites (tertiary alicyclic amines) is 1. The summed E-state index contributed by atoms with van der Waals surface area (Å²) in [5.74, 6) is 0. The van der Waals surface area contributed by atoms with Gasteiger partial charge in [0.05, 0.1) is 0 Å². The van der Waals surface area contributed by atoms with Crippen molar-refractivity contribution in [3.05, 3.63) is 35.4 Å². The summed E-state index contributed by atoms with van der Waals surface area (Å²) < 4.78 is 0. The van der Waals surface area contributed by atoms with Gasteiger partial charge in [-0.1, -0.05) is 43.2 Å². The van der Waals surface area contributed by atoms with E-state index in [9.17, 15) is 0 Å². The van der Waals surface area contributed by atoms with Gasteiger partial charge in [0.2, 0.25) is 0 Å². The Morgan fingerprint density at radius 1 is 1.29 bits per heavy atom. The highest BCUT2D eigenvalue weighted by atomic mass is 15.1. The van der Waals surface area contributed by atoms with Crippen LogP contribution in [0, 0.1) is 6.92 Å². The van der Waals surface area contributed by atoms with E-state index in [1.807, 2.05) is 0 Å². The zero-order chi connectivity index (χ0) is 12.3. The molecule has 1 fully saturated rings. The summed E-state index contributed by atoms with van der Waals surface area (Å²) >= 11 is 0. The van der Waals surface area contributed by atoms with Crippen molar-refractivity contribution in [2.45, 2.75) is 44.9 Å². The smallest absolute Gasteiger partial charge is 0.00776 e. The van der Waals surface area contributed by atoms with Gasteiger partial charge < -0.3 is 4.90 Å². The second kappa shape index (κ2) is 5.22. The first-order valence-corrected chi connectivity index (χ1v) is 6.92. The van der Waals surface area contributed by atoms with Gasteiger partial charge in [0, 0.05) is 12.0 Å². The minimum absolute atomic E-state index is 0.386. The lowest BCUT2D eigenvalue weighted by Gasteiger charge is -2.35. The summed E-state index contributed by atoms with van der Waals surface area (Å²) in [6.45, 7) is 7.02. The van der Waals surface area contributed by atoms with E-state index in [-0.39, 0.29) is 0 Å². The van der Waals surface area contributed by atoms with Crippen LogP contribution >= 0.6 is 0 Å². The molecular weight excluding hydrogens is 206 g/mol. The first kappa shape index (κ1) is 12.6. The lowest BCUT2D eigenvalue weighted by molar-refractivity contribution is 0.256. The molecule has 0 spiro atoms. The molecule has 0 amide bonds. The molecule has 1 nitrogen and oxygen atoms in total. The highest BCUT2D eigenvalue weighted by Crippen LogP contribution is 2.36. The van der Waals surface area contributed by atoms with Crippen LogP contribution in [0.2, 0.25) is 0 Å². The highest BCUT2D eigenvalue weighted by molar-refractivity contribution is 5.30. The van der Waals surface area contributed by atoms with E-state index in [2.05, 4.69) is 50.1 Å². The van der Waals surface area contributed by atoms with Crippen LogP contribution in [0.4, 0.5) is 0 Å². The lowest BCUT2D eigenvalue weighted by Crippen LogP contribution is -2.37. The molecule has 0 radical (unpaired) electrons. The van der Waals surface area contributed by atoms with E-state index in [4.69, 9.17) is 0 Å². The maximum Gasteiger partial charge on any atom is 0.00776 e. The molecule has 1 aromatic carbocycles. The molecule has 2 rings (SSSR count). The molecule has 94 valence electrons. The van der Waals surface area contributed by atoms with Crippen molar-refractivity contribution in [2.75, 3.05) is 20.1 Å². The van der Waals surface area contributed by atoms with E-state index in [1.54, 1.807) is 5.56 Å². The van der Waals surface area contributed by atoms with Crippen LogP contribution in [-0.2, 0) is 5.41 Å². The topological polar surface area (TPSA) is 3.24 Å². The minimum atomic E-state index is 0.386. The standard InChI is InChI=1S/C16H25N/c1-4-16(10-5-6-11-17(3)13-16)15-9-7-8-14(2)12-15/h7-9,12H,4-6,10-11,13H2,1-3H3. The number of likely N-dealkylation sites (N-methyl/N-ethyl adjacent to an activating group) is 1. The number of nitrogens with zero attached hydrogens (tertiary/aromatic N) is 1. The molecule has 0 N–H and O–H groups in total. The van der Waals surface area contributed by atoms with Crippen molar-refractivity contribution < 1.29 is 0 Å². The van der Waals surface area contributed by atoms with E-state index in [0.717, 1.165) is 0 Å². The van der Waals surface area contributed by atoms with Crippen molar-refractivity contribution in [3.8, 4) is 0 Å². The molecule has 1 aliphatic heterocycles. The van der Waals surface area contributed by atoms with Crippen molar-refractivity contribution in [3.63, 3.8) is 0 Å². The third-order valence-electron chi connectivity index (χ3n) is 4.32. The first-order chi connectivity index (χ1) is 8.16. The van der Waals surface area contributed by atoms with Crippen LogP contribution in [0.3, 0.4) is 0 Å². The van der Waals surface area contributed by atoms with Crippen molar-refractivity contribution in [2.24, 2.45) is 0 Å². The van der Waals surface area contributed by atoms with Crippen LogP contribution in [0.1, 0.15) is 43.7 Å². The monoisotopic (exact) mass is 231 g/mol. The SMILES string of the molecule is CCC1(c2cccc(C)c2)CCCCN(C)C1. The quantitative estimate of drug-likeness (QED) is 0.749. The zero-order valence-corrected chi connectivity index (χ0v) is 11.5. The Labute approximate surface area is 106 Å². The lowest BCUT2D eigenvalue weighted by atomic mass is 9.74. The molecule has 1 heterocycles. The average molecular weight is 231 g/mol. The van der Waals surface area contributed by atoms with Crippen molar-refractivity contribution in [1.29, 1.82) is 0 Å². The number of hydrogen-bond donors (Lipinski definition) is 0. The molecule has 1 heteroatoms. The molecule has 0 bridgehead atoms. The zero-order valence-electron chi connectivity index (χ0n) is 11.5. The Kier molecular flexibility index (Phi) is 3.88. The van der Waals surface area contributed by atoms with Crippen LogP contribution in [0.15, 0.2) is 24.3 Å². The van der Waals surface area contributed by atoms with Gasteiger partial charge in [0.15, 0.2) is 0 Å². The summed E-state index contributed by atoms with van der Waals surface area (Å²) in [6.07, 6.45) is 5.31. The van der Waals surface area contributed by atoms with Gasteiger partial charge in [0.25, 0.3) is 0 Å². The first-order valence-electron chi connectivity index (χ1n) is 6.92. The summed E-state index contributed by atoms with van der Waals surface area (Å²) in [5.41, 5.74) is 3.33. The third-order valence-corrected chi connectivity index (χ3v) is 4.32. The number of hydrogen-bond acceptors (Lipinski definition) is 1. The predicted octanol–water partition coefficient (Wildman–Crippen LogP) is 3.76. The molecule has 0 aliphatic carbocycles. The Morgan fingerprint density at radius 2 is 2.12 bits per heavy atom. The molecule has 0 aromatic heterocycles. The van der Waals surface area contributed by atoms with E-state index in [1.165, 1.54) is 44.3 Å². The fraction of sp³-hybridized carbons (Fsp3) is 0.625. The summed E-state index contributed by atoms with van der Waals surface area (Å²) in [4.78, 5) is 2.51. The predicted molar refractivity (Wildman–Crippen MR) is 74.5 cm³/mol. The molecule has 17 heavy (non-hydrogen) atoms. The summed E-state index contributed by atoms with van der Waals surface area (Å²) in [5, 5.41) is 0. The fourth-order valence-electron chi connectivity index (χ4n) is 3.22. The van der Waals surface area contributed by atoms with Gasteiger partial charge in [-0.15, -0.1) is 0 Å². The number of rotatable bonds is 2. The van der Waals surface area contributed by atoms with Gasteiger partial charge in [-0.2, -0.15) is 0 Å². The van der Waals surface area contributed by atoms with Crippen LogP contribution in [-0.4, -0.2) is 25.0 Å². The molecule has 1 aromatic rings. The van der Waals surface area contributed by atoms with Gasteiger partial charge in [-0.3, -0.25) is 0 Å². The Morgan fingerprint density at radius 3 is 2.82 bits per heavy atom. The molecule has 1 aliphatic rings. The van der Waals surface area contributed by atoms with E-state index in [0.29, 0.717) is 5.41 Å². The van der Waals surface area contributed by atoms with Crippen LogP contribution in [0.25, 0.3) is 0 Å². The van der Waals surface area contributed by atoms with Crippen molar-refractivity contribution in [1.82, 2.24) is 4.90 Å². The van der Waals surface area contributed by atoms with Crippen LogP contribution in [0.5, 0.6) is 0 Å². The molecule has 1 atom stereocenters. The Bertz CT molecular complexity index is 372. The third kappa shape index (κ3) is 2.71. The minimum Gasteiger partial charge on any atom is -0.305 e. The van der Waals surface area contributed by atoms with Gasteiger partial charge in [-0.05, 0) is 45.3 Å². The highest BCUT2D eigenvalue weighted by Gasteiger charge is 2.32. The fourth-order valence-corrected chi connectivity index (χ4v) is 3.22.